The third-order valence-corrected chi connectivity index (χ3v) is 5.02. The standard InChI is InChI=1S/C18H22N2O2/c21-17-6-9-20(13-18(17)7-2-10-22-18)12-14-4-5-16-15(11-14)3-1-8-19-16/h1,3-5,8,11,17,21H,2,6-7,9-10,12-13H2/t17-,18-/m0/s1. The largest absolute Gasteiger partial charge is 0.390 e. The van der Waals surface area contributed by atoms with Crippen LogP contribution in [0.2, 0.25) is 0 Å². The highest BCUT2D eigenvalue weighted by molar-refractivity contribution is 5.78. The average Bonchev–Trinajstić information content (AvgIpc) is 3.00. The van der Waals surface area contributed by atoms with Gasteiger partial charge in [0, 0.05) is 37.8 Å². The molecule has 2 aliphatic heterocycles. The van der Waals surface area contributed by atoms with E-state index < -0.39 is 0 Å². The number of piperidine rings is 1. The van der Waals surface area contributed by atoms with E-state index in [0.717, 1.165) is 51.0 Å². The van der Waals surface area contributed by atoms with Crippen molar-refractivity contribution in [3.05, 3.63) is 42.1 Å². The van der Waals surface area contributed by atoms with Gasteiger partial charge in [0.15, 0.2) is 0 Å². The molecule has 1 aromatic heterocycles. The van der Waals surface area contributed by atoms with Gasteiger partial charge < -0.3 is 9.84 Å². The lowest BCUT2D eigenvalue weighted by Gasteiger charge is -2.43. The zero-order chi connectivity index (χ0) is 15.0. The van der Waals surface area contributed by atoms with E-state index >= 15 is 0 Å². The van der Waals surface area contributed by atoms with Gasteiger partial charge in [0.1, 0.15) is 5.60 Å². The lowest BCUT2D eigenvalue weighted by Crippen LogP contribution is -2.56. The summed E-state index contributed by atoms with van der Waals surface area (Å²) in [5.41, 5.74) is 2.01. The van der Waals surface area contributed by atoms with E-state index in [1.54, 1.807) is 0 Å². The van der Waals surface area contributed by atoms with Crippen molar-refractivity contribution >= 4 is 10.9 Å². The maximum atomic E-state index is 10.3. The van der Waals surface area contributed by atoms with Gasteiger partial charge in [-0.25, -0.2) is 0 Å². The van der Waals surface area contributed by atoms with Crippen LogP contribution in [0.25, 0.3) is 10.9 Å². The highest BCUT2D eigenvalue weighted by Gasteiger charge is 2.45. The van der Waals surface area contributed by atoms with Crippen LogP contribution in [0.1, 0.15) is 24.8 Å². The Morgan fingerprint density at radius 2 is 2.32 bits per heavy atom. The summed E-state index contributed by atoms with van der Waals surface area (Å²) in [7, 11) is 0. The Kier molecular flexibility index (Phi) is 3.60. The summed E-state index contributed by atoms with van der Waals surface area (Å²) in [4.78, 5) is 6.78. The number of fused-ring (bicyclic) bond motifs is 1. The van der Waals surface area contributed by atoms with E-state index in [1.807, 2.05) is 12.3 Å². The van der Waals surface area contributed by atoms with Gasteiger partial charge in [0.05, 0.1) is 11.6 Å². The maximum absolute atomic E-state index is 10.3. The van der Waals surface area contributed by atoms with E-state index in [-0.39, 0.29) is 11.7 Å². The van der Waals surface area contributed by atoms with Gasteiger partial charge in [-0.05, 0) is 43.0 Å². The molecule has 0 amide bonds. The molecule has 1 aromatic carbocycles. The Bertz CT molecular complexity index is 667. The van der Waals surface area contributed by atoms with Crippen molar-refractivity contribution in [2.24, 2.45) is 0 Å². The fraction of sp³-hybridized carbons (Fsp3) is 0.500. The Morgan fingerprint density at radius 1 is 1.36 bits per heavy atom. The molecule has 3 heterocycles. The smallest absolute Gasteiger partial charge is 0.107 e. The van der Waals surface area contributed by atoms with Crippen LogP contribution in [0.15, 0.2) is 36.5 Å². The third kappa shape index (κ3) is 2.51. The van der Waals surface area contributed by atoms with E-state index in [1.165, 1.54) is 10.9 Å². The number of pyridine rings is 1. The number of benzene rings is 1. The van der Waals surface area contributed by atoms with Crippen LogP contribution in [0.5, 0.6) is 0 Å². The van der Waals surface area contributed by atoms with Gasteiger partial charge in [-0.3, -0.25) is 9.88 Å². The van der Waals surface area contributed by atoms with Gasteiger partial charge in [-0.15, -0.1) is 0 Å². The number of nitrogens with zero attached hydrogens (tertiary/aromatic N) is 2. The van der Waals surface area contributed by atoms with Crippen molar-refractivity contribution in [2.75, 3.05) is 19.7 Å². The minimum atomic E-state index is -0.323. The van der Waals surface area contributed by atoms with Crippen LogP contribution in [-0.4, -0.2) is 46.4 Å². The fourth-order valence-corrected chi connectivity index (χ4v) is 3.85. The van der Waals surface area contributed by atoms with Crippen LogP contribution in [0, 0.1) is 0 Å². The molecule has 22 heavy (non-hydrogen) atoms. The summed E-state index contributed by atoms with van der Waals surface area (Å²) in [6, 6.07) is 10.5. The van der Waals surface area contributed by atoms with E-state index in [9.17, 15) is 5.11 Å². The molecule has 2 fully saturated rings. The molecule has 0 aliphatic carbocycles. The first-order chi connectivity index (χ1) is 10.8. The topological polar surface area (TPSA) is 45.6 Å². The normalized spacial score (nSPS) is 29.4. The predicted octanol–water partition coefficient (Wildman–Crippen LogP) is 2.35. The monoisotopic (exact) mass is 298 g/mol. The molecule has 2 saturated heterocycles. The Hall–Kier alpha value is -1.49. The van der Waals surface area contributed by atoms with Gasteiger partial charge in [0.25, 0.3) is 0 Å². The van der Waals surface area contributed by atoms with Gasteiger partial charge >= 0.3 is 0 Å². The van der Waals surface area contributed by atoms with Crippen molar-refractivity contribution in [2.45, 2.75) is 37.5 Å². The number of aliphatic hydroxyl groups is 1. The second kappa shape index (κ2) is 5.61. The number of aromatic nitrogens is 1. The second-order valence-electron chi connectivity index (χ2n) is 6.56. The first-order valence-electron chi connectivity index (χ1n) is 8.13. The highest BCUT2D eigenvalue weighted by atomic mass is 16.5. The quantitative estimate of drug-likeness (QED) is 0.924. The molecular formula is C18H22N2O2. The van der Waals surface area contributed by atoms with E-state index in [4.69, 9.17) is 4.74 Å². The van der Waals surface area contributed by atoms with Crippen LogP contribution in [-0.2, 0) is 11.3 Å². The third-order valence-electron chi connectivity index (χ3n) is 5.02. The molecule has 1 spiro atoms. The summed E-state index contributed by atoms with van der Waals surface area (Å²) >= 11 is 0. The van der Waals surface area contributed by atoms with Crippen LogP contribution < -0.4 is 0 Å². The SMILES string of the molecule is O[C@H]1CCN(Cc2ccc3ncccc3c2)C[C@@]12CCCO2. The number of hydrogen-bond acceptors (Lipinski definition) is 4. The molecular weight excluding hydrogens is 276 g/mol. The highest BCUT2D eigenvalue weighted by Crippen LogP contribution is 2.35. The van der Waals surface area contributed by atoms with Crippen molar-refractivity contribution in [1.29, 1.82) is 0 Å². The molecule has 0 bridgehead atoms. The van der Waals surface area contributed by atoms with Crippen LogP contribution >= 0.6 is 0 Å². The zero-order valence-electron chi connectivity index (χ0n) is 12.7. The molecule has 0 saturated carbocycles. The minimum Gasteiger partial charge on any atom is -0.390 e. The number of hydrogen-bond donors (Lipinski definition) is 1. The van der Waals surface area contributed by atoms with Crippen molar-refractivity contribution < 1.29 is 9.84 Å². The van der Waals surface area contributed by atoms with Crippen molar-refractivity contribution in [1.82, 2.24) is 9.88 Å². The summed E-state index contributed by atoms with van der Waals surface area (Å²) in [5, 5.41) is 11.5. The number of likely N-dealkylation sites (tertiary alicyclic amines) is 1. The molecule has 2 aromatic rings. The van der Waals surface area contributed by atoms with Crippen LogP contribution in [0.3, 0.4) is 0 Å². The minimum absolute atomic E-state index is 0.313. The number of ether oxygens (including phenoxy) is 1. The predicted molar refractivity (Wildman–Crippen MR) is 85.6 cm³/mol. The second-order valence-corrected chi connectivity index (χ2v) is 6.56. The van der Waals surface area contributed by atoms with Crippen LogP contribution in [0.4, 0.5) is 0 Å². The summed E-state index contributed by atoms with van der Waals surface area (Å²) < 4.78 is 5.93. The molecule has 2 atom stereocenters. The zero-order valence-corrected chi connectivity index (χ0v) is 12.7. The van der Waals surface area contributed by atoms with Gasteiger partial charge in [-0.1, -0.05) is 12.1 Å². The molecule has 4 rings (SSSR count). The van der Waals surface area contributed by atoms with E-state index in [0.29, 0.717) is 0 Å². The first-order valence-corrected chi connectivity index (χ1v) is 8.13. The van der Waals surface area contributed by atoms with E-state index in [2.05, 4.69) is 34.1 Å². The summed E-state index contributed by atoms with van der Waals surface area (Å²) in [6.45, 7) is 3.45. The Morgan fingerprint density at radius 3 is 3.18 bits per heavy atom. The molecule has 2 aliphatic rings. The Balaban J connectivity index is 1.52. The summed E-state index contributed by atoms with van der Waals surface area (Å²) in [6.07, 6.45) is 4.36. The molecule has 4 nitrogen and oxygen atoms in total. The number of aliphatic hydroxyl groups excluding tert-OH is 1. The molecule has 0 unspecified atom stereocenters. The number of rotatable bonds is 2. The molecule has 0 radical (unpaired) electrons. The fourth-order valence-electron chi connectivity index (χ4n) is 3.85. The summed E-state index contributed by atoms with van der Waals surface area (Å²) in [5.74, 6) is 0. The molecule has 1 N–H and O–H groups in total. The van der Waals surface area contributed by atoms with Gasteiger partial charge in [0.2, 0.25) is 0 Å². The maximum Gasteiger partial charge on any atom is 0.107 e. The van der Waals surface area contributed by atoms with Crippen molar-refractivity contribution in [3.8, 4) is 0 Å². The first kappa shape index (κ1) is 14.1. The molecule has 4 heteroatoms. The Labute approximate surface area is 130 Å². The van der Waals surface area contributed by atoms with Gasteiger partial charge in [-0.2, -0.15) is 0 Å². The van der Waals surface area contributed by atoms with Crippen molar-refractivity contribution in [3.63, 3.8) is 0 Å². The lowest BCUT2D eigenvalue weighted by atomic mass is 9.87. The average molecular weight is 298 g/mol. The molecule has 116 valence electrons. The lowest BCUT2D eigenvalue weighted by molar-refractivity contribution is -0.132.